The number of carbonyl (C=O) groups excluding carboxylic acids is 1. The van der Waals surface area contributed by atoms with Crippen molar-refractivity contribution in [3.8, 4) is 0 Å². The van der Waals surface area contributed by atoms with E-state index in [0.29, 0.717) is 0 Å². The second-order valence-electron chi connectivity index (χ2n) is 3.90. The first-order chi connectivity index (χ1) is 8.06. The maximum Gasteiger partial charge on any atom is 1.00 e. The molecule has 0 fully saturated rings. The Morgan fingerprint density at radius 2 is 1.89 bits per heavy atom. The van der Waals surface area contributed by atoms with Crippen molar-refractivity contribution >= 4 is 11.9 Å². The van der Waals surface area contributed by atoms with Gasteiger partial charge in [0.15, 0.2) is 0 Å². The summed E-state index contributed by atoms with van der Waals surface area (Å²) in [6.07, 6.45) is 8.70. The molecule has 98 valence electrons. The van der Waals surface area contributed by atoms with Gasteiger partial charge in [0, 0.05) is 0 Å². The topological polar surface area (TPSA) is 80.7 Å². The van der Waals surface area contributed by atoms with Crippen LogP contribution in [0, 0.1) is 0 Å². The molecule has 0 aliphatic rings. The molecule has 0 saturated heterocycles. The van der Waals surface area contributed by atoms with Gasteiger partial charge in [-0.3, -0.25) is 4.79 Å². The van der Waals surface area contributed by atoms with E-state index in [4.69, 9.17) is 5.11 Å². The van der Waals surface area contributed by atoms with E-state index in [-0.39, 0.29) is 25.4 Å². The zero-order valence-corrected chi connectivity index (χ0v) is 11.2. The molecule has 0 unspecified atom stereocenters. The third-order valence-electron chi connectivity index (χ3n) is 2.21. The van der Waals surface area contributed by atoms with Gasteiger partial charge in [0.25, 0.3) is 0 Å². The molecule has 0 aliphatic heterocycles. The fourth-order valence-corrected chi connectivity index (χ4v) is 1.41. The van der Waals surface area contributed by atoms with Crippen LogP contribution in [0.3, 0.4) is 0 Å². The first kappa shape index (κ1) is 19.4. The minimum absolute atomic E-state index is 0. The number of carboxylic acid groups (broad SMARTS) is 2. The van der Waals surface area contributed by atoms with Crippen molar-refractivity contribution in [2.24, 2.45) is 0 Å². The minimum atomic E-state index is -1.28. The van der Waals surface area contributed by atoms with Gasteiger partial charge in [-0.05, 0) is 19.0 Å². The number of carboxylic acids is 2. The van der Waals surface area contributed by atoms with Crippen molar-refractivity contribution in [1.82, 2.24) is 4.90 Å². The number of hydrogen-bond acceptors (Lipinski definition) is 4. The Labute approximate surface area is 120 Å². The van der Waals surface area contributed by atoms with Gasteiger partial charge in [-0.2, -0.15) is 0 Å². The summed E-state index contributed by atoms with van der Waals surface area (Å²) in [4.78, 5) is 22.1. The standard InChI is InChI=1S/C12H21NO4.Li/c1-2-3-4-5-6-7-8-13(9-11(14)15)10-12(16)17;/h7-8H,2-6,9-10H2,1H3,(H,14,15)(H,16,17);/q;+1/p-1/b8-7+;. The van der Waals surface area contributed by atoms with Crippen LogP contribution >= 0.6 is 0 Å². The molecular formula is C12H20LiNO4. The maximum atomic E-state index is 10.5. The molecule has 0 aromatic rings. The van der Waals surface area contributed by atoms with Gasteiger partial charge in [-0.25, -0.2) is 0 Å². The first-order valence-corrected chi connectivity index (χ1v) is 5.88. The number of aliphatic carboxylic acids is 2. The maximum absolute atomic E-state index is 10.5. The molecule has 0 aliphatic carbocycles. The molecule has 0 heterocycles. The summed E-state index contributed by atoms with van der Waals surface area (Å²) in [6, 6.07) is 0. The normalized spacial score (nSPS) is 10.1. The van der Waals surface area contributed by atoms with Crippen LogP contribution in [0.2, 0.25) is 0 Å². The Morgan fingerprint density at radius 1 is 1.22 bits per heavy atom. The molecule has 0 amide bonds. The van der Waals surface area contributed by atoms with Crippen LogP contribution in [0.1, 0.15) is 39.0 Å². The number of carbonyl (C=O) groups is 2. The zero-order valence-electron chi connectivity index (χ0n) is 11.2. The van der Waals surface area contributed by atoms with Gasteiger partial charge >= 0.3 is 24.8 Å². The molecule has 0 bridgehead atoms. The van der Waals surface area contributed by atoms with Crippen molar-refractivity contribution in [1.29, 1.82) is 0 Å². The molecule has 0 rings (SSSR count). The summed E-state index contributed by atoms with van der Waals surface area (Å²) in [6.45, 7) is 1.42. The van der Waals surface area contributed by atoms with Crippen LogP contribution in [0.15, 0.2) is 12.3 Å². The van der Waals surface area contributed by atoms with Crippen LogP contribution < -0.4 is 24.0 Å². The van der Waals surface area contributed by atoms with Crippen LogP contribution in [0.5, 0.6) is 0 Å². The Kier molecular flexibility index (Phi) is 13.5. The third kappa shape index (κ3) is 13.1. The zero-order chi connectivity index (χ0) is 13.1. The number of hydrogen-bond donors (Lipinski definition) is 1. The summed E-state index contributed by atoms with van der Waals surface area (Å²) in [7, 11) is 0. The Hall–Kier alpha value is -0.923. The average Bonchev–Trinajstić information content (AvgIpc) is 2.21. The van der Waals surface area contributed by atoms with E-state index < -0.39 is 18.5 Å². The molecular weight excluding hydrogens is 229 g/mol. The predicted octanol–water partition coefficient (Wildman–Crippen LogP) is -2.39. The average molecular weight is 249 g/mol. The van der Waals surface area contributed by atoms with Crippen molar-refractivity contribution in [3.05, 3.63) is 12.3 Å². The van der Waals surface area contributed by atoms with Crippen LogP contribution in [-0.4, -0.2) is 35.0 Å². The molecule has 0 radical (unpaired) electrons. The predicted molar refractivity (Wildman–Crippen MR) is 62.1 cm³/mol. The summed E-state index contributed by atoms with van der Waals surface area (Å²) < 4.78 is 0. The monoisotopic (exact) mass is 249 g/mol. The molecule has 0 spiro atoms. The number of allylic oxidation sites excluding steroid dienone is 1. The molecule has 0 aromatic heterocycles. The van der Waals surface area contributed by atoms with E-state index in [0.717, 1.165) is 19.3 Å². The molecule has 5 nitrogen and oxygen atoms in total. The van der Waals surface area contributed by atoms with Gasteiger partial charge in [0.05, 0.1) is 12.5 Å². The van der Waals surface area contributed by atoms with Crippen molar-refractivity contribution in [2.75, 3.05) is 13.1 Å². The van der Waals surface area contributed by atoms with Gasteiger partial charge in [0.2, 0.25) is 0 Å². The van der Waals surface area contributed by atoms with Crippen LogP contribution in [0.25, 0.3) is 0 Å². The fraction of sp³-hybridized carbons (Fsp3) is 0.667. The van der Waals surface area contributed by atoms with E-state index in [1.807, 2.05) is 6.08 Å². The molecule has 18 heavy (non-hydrogen) atoms. The summed E-state index contributed by atoms with van der Waals surface area (Å²) >= 11 is 0. The minimum Gasteiger partial charge on any atom is -0.548 e. The van der Waals surface area contributed by atoms with Crippen molar-refractivity contribution in [2.45, 2.75) is 39.0 Å². The molecule has 0 saturated carbocycles. The van der Waals surface area contributed by atoms with Gasteiger partial charge in [0.1, 0.15) is 6.54 Å². The SMILES string of the molecule is CCCCCC/C=C/N(CC(=O)[O-])CC(=O)O.[Li+]. The van der Waals surface area contributed by atoms with Crippen LogP contribution in [0.4, 0.5) is 0 Å². The second-order valence-corrected chi connectivity index (χ2v) is 3.90. The molecule has 1 N–H and O–H groups in total. The first-order valence-electron chi connectivity index (χ1n) is 5.88. The van der Waals surface area contributed by atoms with Gasteiger partial charge < -0.3 is 19.9 Å². The van der Waals surface area contributed by atoms with Crippen LogP contribution in [-0.2, 0) is 9.59 Å². The fourth-order valence-electron chi connectivity index (χ4n) is 1.41. The largest absolute Gasteiger partial charge is 1.00 e. The van der Waals surface area contributed by atoms with E-state index in [1.54, 1.807) is 0 Å². The van der Waals surface area contributed by atoms with E-state index in [2.05, 4.69) is 6.92 Å². The Balaban J connectivity index is 0. The van der Waals surface area contributed by atoms with Crippen molar-refractivity contribution in [3.63, 3.8) is 0 Å². The smallest absolute Gasteiger partial charge is 0.548 e. The van der Waals surface area contributed by atoms with E-state index in [1.165, 1.54) is 23.9 Å². The second kappa shape index (κ2) is 12.5. The van der Waals surface area contributed by atoms with E-state index >= 15 is 0 Å². The molecule has 6 heteroatoms. The molecule has 0 aromatic carbocycles. The third-order valence-corrected chi connectivity index (χ3v) is 2.21. The number of rotatable bonds is 10. The summed E-state index contributed by atoms with van der Waals surface area (Å²) in [5.74, 6) is -2.33. The quantitative estimate of drug-likeness (QED) is 0.345. The van der Waals surface area contributed by atoms with E-state index in [9.17, 15) is 14.7 Å². The number of nitrogens with zero attached hydrogens (tertiary/aromatic N) is 1. The van der Waals surface area contributed by atoms with Crippen molar-refractivity contribution < 1.29 is 38.7 Å². The number of unbranched alkanes of at least 4 members (excludes halogenated alkanes) is 4. The Morgan fingerprint density at radius 3 is 2.39 bits per heavy atom. The summed E-state index contributed by atoms with van der Waals surface area (Å²) in [5, 5.41) is 19.0. The Bertz CT molecular complexity index is 253. The molecule has 0 atom stereocenters. The summed E-state index contributed by atoms with van der Waals surface area (Å²) in [5.41, 5.74) is 0. The van der Waals surface area contributed by atoms with Gasteiger partial charge in [-0.1, -0.05) is 32.3 Å². The van der Waals surface area contributed by atoms with Gasteiger partial charge in [-0.15, -0.1) is 0 Å².